The number of methoxy groups -OCH3 is 1. The molecule has 2 atom stereocenters. The Balaban J connectivity index is 1.16. The summed E-state index contributed by atoms with van der Waals surface area (Å²) in [7, 11) is 1.64. The molecule has 0 radical (unpaired) electrons. The summed E-state index contributed by atoms with van der Waals surface area (Å²) >= 11 is 0. The average molecular weight is 490 g/mol. The monoisotopic (exact) mass is 489 g/mol. The van der Waals surface area contributed by atoms with E-state index >= 15 is 0 Å². The summed E-state index contributed by atoms with van der Waals surface area (Å²) in [5.74, 6) is 0.565. The SMILES string of the molecule is COc1ccc([C@@H]2Cn3nnc(C(=O)N4CCC(C(=O)N[C@@H](C)c5ccccc5)CC4)c3CO2)cc1. The van der Waals surface area contributed by atoms with E-state index in [1.54, 1.807) is 16.7 Å². The number of carbonyl (C=O) groups is 2. The first-order chi connectivity index (χ1) is 17.5. The molecule has 2 aromatic carbocycles. The van der Waals surface area contributed by atoms with E-state index in [0.29, 0.717) is 43.9 Å². The Kier molecular flexibility index (Phi) is 6.99. The second kappa shape index (κ2) is 10.5. The third kappa shape index (κ3) is 4.97. The van der Waals surface area contributed by atoms with Crippen molar-refractivity contribution >= 4 is 11.8 Å². The fourth-order valence-electron chi connectivity index (χ4n) is 4.85. The molecular formula is C27H31N5O4. The lowest BCUT2D eigenvalue weighted by molar-refractivity contribution is -0.127. The third-order valence-electron chi connectivity index (χ3n) is 7.10. The van der Waals surface area contributed by atoms with Gasteiger partial charge in [0.1, 0.15) is 11.9 Å². The molecule has 0 bridgehead atoms. The molecule has 2 aliphatic rings. The number of carbonyl (C=O) groups excluding carboxylic acids is 2. The van der Waals surface area contributed by atoms with E-state index in [1.807, 2.05) is 61.5 Å². The zero-order valence-electron chi connectivity index (χ0n) is 20.6. The highest BCUT2D eigenvalue weighted by Crippen LogP contribution is 2.29. The smallest absolute Gasteiger partial charge is 0.276 e. The molecule has 3 aromatic rings. The highest BCUT2D eigenvalue weighted by atomic mass is 16.5. The number of nitrogens with zero attached hydrogens (tertiary/aromatic N) is 4. The quantitative estimate of drug-likeness (QED) is 0.571. The van der Waals surface area contributed by atoms with Crippen molar-refractivity contribution in [1.29, 1.82) is 0 Å². The first-order valence-corrected chi connectivity index (χ1v) is 12.4. The molecular weight excluding hydrogens is 458 g/mol. The summed E-state index contributed by atoms with van der Waals surface area (Å²) in [6, 6.07) is 17.6. The van der Waals surface area contributed by atoms with E-state index in [1.165, 1.54) is 0 Å². The van der Waals surface area contributed by atoms with Crippen molar-refractivity contribution in [2.24, 2.45) is 5.92 Å². The zero-order valence-corrected chi connectivity index (χ0v) is 20.6. The van der Waals surface area contributed by atoms with Gasteiger partial charge in [-0.15, -0.1) is 5.10 Å². The van der Waals surface area contributed by atoms with Crippen molar-refractivity contribution in [3.63, 3.8) is 0 Å². The maximum Gasteiger partial charge on any atom is 0.276 e. The Morgan fingerprint density at radius 3 is 2.50 bits per heavy atom. The predicted octanol–water partition coefficient (Wildman–Crippen LogP) is 3.29. The van der Waals surface area contributed by atoms with Crippen molar-refractivity contribution in [3.8, 4) is 5.75 Å². The Hall–Kier alpha value is -3.72. The van der Waals surface area contributed by atoms with Gasteiger partial charge in [-0.25, -0.2) is 4.68 Å². The Bertz CT molecular complexity index is 1200. The third-order valence-corrected chi connectivity index (χ3v) is 7.10. The van der Waals surface area contributed by atoms with Crippen LogP contribution < -0.4 is 10.1 Å². The number of rotatable bonds is 6. The minimum Gasteiger partial charge on any atom is -0.497 e. The number of aromatic nitrogens is 3. The van der Waals surface area contributed by atoms with Crippen LogP contribution in [0.2, 0.25) is 0 Å². The van der Waals surface area contributed by atoms with E-state index in [4.69, 9.17) is 9.47 Å². The minimum atomic E-state index is -0.166. The van der Waals surface area contributed by atoms with Gasteiger partial charge in [0.2, 0.25) is 5.91 Å². The molecule has 5 rings (SSSR count). The lowest BCUT2D eigenvalue weighted by atomic mass is 9.95. The van der Waals surface area contributed by atoms with E-state index < -0.39 is 0 Å². The molecule has 1 N–H and O–H groups in total. The van der Waals surface area contributed by atoms with Gasteiger partial charge < -0.3 is 19.7 Å². The molecule has 3 heterocycles. The molecule has 0 spiro atoms. The number of benzene rings is 2. The van der Waals surface area contributed by atoms with Gasteiger partial charge in [-0.2, -0.15) is 0 Å². The summed E-state index contributed by atoms with van der Waals surface area (Å²) in [4.78, 5) is 27.8. The van der Waals surface area contributed by atoms with Gasteiger partial charge in [-0.1, -0.05) is 47.7 Å². The largest absolute Gasteiger partial charge is 0.497 e. The van der Waals surface area contributed by atoms with Gasteiger partial charge in [-0.3, -0.25) is 9.59 Å². The molecule has 2 amide bonds. The summed E-state index contributed by atoms with van der Waals surface area (Å²) < 4.78 is 13.0. The number of hydrogen-bond acceptors (Lipinski definition) is 6. The highest BCUT2D eigenvalue weighted by Gasteiger charge is 2.33. The van der Waals surface area contributed by atoms with Gasteiger partial charge in [0.05, 0.1) is 32.0 Å². The Morgan fingerprint density at radius 1 is 1.08 bits per heavy atom. The molecule has 9 heteroatoms. The summed E-state index contributed by atoms with van der Waals surface area (Å²) in [5.41, 5.74) is 3.13. The fourth-order valence-corrected chi connectivity index (χ4v) is 4.85. The second-order valence-electron chi connectivity index (χ2n) is 9.35. The first kappa shape index (κ1) is 24.0. The number of likely N-dealkylation sites (tertiary alicyclic amines) is 1. The average Bonchev–Trinajstić information content (AvgIpc) is 3.36. The number of hydrogen-bond donors (Lipinski definition) is 1. The van der Waals surface area contributed by atoms with Gasteiger partial charge >= 0.3 is 0 Å². The van der Waals surface area contributed by atoms with E-state index in [2.05, 4.69) is 15.6 Å². The highest BCUT2D eigenvalue weighted by molar-refractivity contribution is 5.93. The van der Waals surface area contributed by atoms with Gasteiger partial charge in [0.25, 0.3) is 5.91 Å². The van der Waals surface area contributed by atoms with Crippen LogP contribution in [0.25, 0.3) is 0 Å². The molecule has 1 saturated heterocycles. The minimum absolute atomic E-state index is 0.0393. The topological polar surface area (TPSA) is 98.6 Å². The lowest BCUT2D eigenvalue weighted by Crippen LogP contribution is -2.43. The van der Waals surface area contributed by atoms with Crippen LogP contribution in [0.3, 0.4) is 0 Å². The fraction of sp³-hybridized carbons (Fsp3) is 0.407. The number of fused-ring (bicyclic) bond motifs is 1. The summed E-state index contributed by atoms with van der Waals surface area (Å²) in [6.45, 7) is 3.77. The van der Waals surface area contributed by atoms with Crippen LogP contribution in [-0.4, -0.2) is 51.9 Å². The van der Waals surface area contributed by atoms with Crippen LogP contribution in [0.5, 0.6) is 5.75 Å². The van der Waals surface area contributed by atoms with E-state index in [0.717, 1.165) is 16.9 Å². The summed E-state index contributed by atoms with van der Waals surface area (Å²) in [5, 5.41) is 11.5. The number of amides is 2. The van der Waals surface area contributed by atoms with Crippen molar-refractivity contribution in [2.75, 3.05) is 20.2 Å². The number of ether oxygens (including phenoxy) is 2. The molecule has 1 aromatic heterocycles. The van der Waals surface area contributed by atoms with Crippen LogP contribution >= 0.6 is 0 Å². The van der Waals surface area contributed by atoms with Crippen molar-refractivity contribution < 1.29 is 19.1 Å². The molecule has 0 saturated carbocycles. The zero-order chi connectivity index (χ0) is 25.1. The van der Waals surface area contributed by atoms with Gasteiger partial charge in [0, 0.05) is 19.0 Å². The molecule has 0 unspecified atom stereocenters. The molecule has 188 valence electrons. The van der Waals surface area contributed by atoms with Crippen molar-refractivity contribution in [2.45, 2.75) is 45.1 Å². The standard InChI is InChI=1S/C27H31N5O4/c1-18(19-6-4-3-5-7-19)28-26(33)21-12-14-31(15-13-21)27(34)25-23-17-36-24(16-32(23)30-29-25)20-8-10-22(35-2)11-9-20/h3-11,18,21,24H,12-17H2,1-2H3,(H,28,33)/t18-,24-/m0/s1. The van der Waals surface area contributed by atoms with Crippen LogP contribution in [0.4, 0.5) is 0 Å². The number of nitrogens with one attached hydrogen (secondary N) is 1. The Labute approximate surface area is 210 Å². The molecule has 2 aliphatic heterocycles. The molecule has 36 heavy (non-hydrogen) atoms. The van der Waals surface area contributed by atoms with Crippen LogP contribution in [0.15, 0.2) is 54.6 Å². The summed E-state index contributed by atoms with van der Waals surface area (Å²) in [6.07, 6.45) is 1.08. The molecule has 0 aliphatic carbocycles. The van der Waals surface area contributed by atoms with E-state index in [9.17, 15) is 9.59 Å². The van der Waals surface area contributed by atoms with Crippen molar-refractivity contribution in [1.82, 2.24) is 25.2 Å². The second-order valence-corrected chi connectivity index (χ2v) is 9.35. The van der Waals surface area contributed by atoms with Crippen LogP contribution in [0, 0.1) is 5.92 Å². The molecule has 1 fully saturated rings. The lowest BCUT2D eigenvalue weighted by Gasteiger charge is -2.32. The van der Waals surface area contributed by atoms with Gasteiger partial charge in [0.15, 0.2) is 5.69 Å². The van der Waals surface area contributed by atoms with Crippen molar-refractivity contribution in [3.05, 3.63) is 77.1 Å². The number of piperidine rings is 1. The predicted molar refractivity (Wildman–Crippen MR) is 132 cm³/mol. The maximum atomic E-state index is 13.2. The van der Waals surface area contributed by atoms with Crippen LogP contribution in [-0.2, 0) is 22.7 Å². The maximum absolute atomic E-state index is 13.2. The molecule has 9 nitrogen and oxygen atoms in total. The Morgan fingerprint density at radius 2 is 1.81 bits per heavy atom. The van der Waals surface area contributed by atoms with E-state index in [-0.39, 0.29) is 36.5 Å². The normalized spacial score (nSPS) is 18.8. The van der Waals surface area contributed by atoms with Crippen LogP contribution in [0.1, 0.15) is 59.2 Å². The van der Waals surface area contributed by atoms with Gasteiger partial charge in [-0.05, 0) is 43.0 Å². The first-order valence-electron chi connectivity index (χ1n) is 12.4.